The fraction of sp³-hybridized carbons (Fsp3) is 0.611. The maximum atomic E-state index is 12.7. The number of oxazole rings is 1. The molecule has 4 aliphatic heterocycles. The third-order valence-electron chi connectivity index (χ3n) is 11.1. The molecule has 8 atom stereocenters. The fourth-order valence-corrected chi connectivity index (χ4v) is 8.49. The molecular weight excluding hydrogens is 590 g/mol. The monoisotopic (exact) mass is 635 g/mol. The summed E-state index contributed by atoms with van der Waals surface area (Å²) in [5, 5.41) is 10.6. The summed E-state index contributed by atoms with van der Waals surface area (Å²) in [5.74, 6) is 0.358. The van der Waals surface area contributed by atoms with Crippen LogP contribution in [0.3, 0.4) is 0 Å². The average Bonchev–Trinajstić information content (AvgIpc) is 3.14. The van der Waals surface area contributed by atoms with Crippen molar-refractivity contribution in [3.63, 3.8) is 0 Å². The fourth-order valence-electron chi connectivity index (χ4n) is 8.49. The Labute approximate surface area is 268 Å². The number of fused-ring (bicyclic) bond motifs is 3. The Morgan fingerprint density at radius 3 is 2.74 bits per heavy atom. The lowest BCUT2D eigenvalue weighted by Crippen LogP contribution is -2.70. The number of nitrogens with zero attached hydrogens (tertiary/aromatic N) is 1. The molecule has 8 rings (SSSR count). The third kappa shape index (κ3) is 5.57. The second-order valence-corrected chi connectivity index (χ2v) is 14.2. The zero-order valence-electron chi connectivity index (χ0n) is 27.2. The van der Waals surface area contributed by atoms with E-state index in [1.807, 2.05) is 26.0 Å². The summed E-state index contributed by atoms with van der Waals surface area (Å²) in [6, 6.07) is 10.5. The zero-order valence-corrected chi connectivity index (χ0v) is 27.2. The van der Waals surface area contributed by atoms with E-state index in [0.29, 0.717) is 46.8 Å². The lowest BCUT2D eigenvalue weighted by molar-refractivity contribution is -0.571. The van der Waals surface area contributed by atoms with Gasteiger partial charge in [0.25, 0.3) is 0 Å². The van der Waals surface area contributed by atoms with E-state index < -0.39 is 23.4 Å². The zero-order chi connectivity index (χ0) is 32.2. The smallest absolute Gasteiger partial charge is 0.420 e. The van der Waals surface area contributed by atoms with Gasteiger partial charge in [0.2, 0.25) is 5.79 Å². The number of phenols is 1. The Balaban J connectivity index is 0.900. The molecule has 0 amide bonds. The molecule has 5 aliphatic rings. The highest BCUT2D eigenvalue weighted by atomic mass is 17.3. The van der Waals surface area contributed by atoms with Gasteiger partial charge in [-0.3, -0.25) is 9.36 Å². The standard InChI is InChI=1S/C36H45NO9/c1-21-9-13-31-28(17-21)37(34(40)43-31)19-24-11-14-32(29(39)18-24)41-20-25(38)7-5-6-8-30-23(3)27-12-10-22(2)26-15-16-35(4)44-33(42-30)36(26,27)46-45-35/h9,11,13-14,17-18,22-23,26-27,30,33,39H,5-8,10,12,15-16,19-20H2,1-4H3/t22-,23-,26+,27+,30+,33-,35-,36-/m1/s1. The number of rotatable bonds is 10. The molecule has 0 unspecified atom stereocenters. The largest absolute Gasteiger partial charge is 0.504 e. The number of Topliss-reactive ketones (excluding diaryl/α,β-unsaturated/α-hetero) is 1. The molecule has 10 nitrogen and oxygen atoms in total. The Bertz CT molecular complexity index is 1660. The van der Waals surface area contributed by atoms with E-state index in [1.165, 1.54) is 11.0 Å². The number of unbranched alkanes of at least 4 members (excludes halogenated alkanes) is 1. The molecule has 0 radical (unpaired) electrons. The van der Waals surface area contributed by atoms with E-state index in [0.717, 1.165) is 44.1 Å². The van der Waals surface area contributed by atoms with E-state index in [1.54, 1.807) is 24.3 Å². The Morgan fingerprint density at radius 2 is 1.91 bits per heavy atom. The number of benzene rings is 2. The maximum absolute atomic E-state index is 12.7. The first-order valence-corrected chi connectivity index (χ1v) is 16.8. The van der Waals surface area contributed by atoms with Gasteiger partial charge < -0.3 is 23.7 Å². The molecule has 10 heteroatoms. The summed E-state index contributed by atoms with van der Waals surface area (Å²) >= 11 is 0. The van der Waals surface area contributed by atoms with Crippen LogP contribution in [0.5, 0.6) is 11.5 Å². The lowest BCUT2D eigenvalue weighted by atomic mass is 9.57. The number of hydrogen-bond acceptors (Lipinski definition) is 9. The number of carbonyl (C=O) groups is 1. The summed E-state index contributed by atoms with van der Waals surface area (Å²) in [6.07, 6.45) is 6.46. The number of ether oxygens (including phenoxy) is 3. The minimum atomic E-state index is -0.781. The van der Waals surface area contributed by atoms with Crippen molar-refractivity contribution >= 4 is 16.9 Å². The molecule has 248 valence electrons. The Morgan fingerprint density at radius 1 is 1.07 bits per heavy atom. The minimum Gasteiger partial charge on any atom is -0.504 e. The summed E-state index contributed by atoms with van der Waals surface area (Å²) in [6.45, 7) is 8.60. The molecule has 1 aromatic heterocycles. The van der Waals surface area contributed by atoms with Crippen molar-refractivity contribution in [2.75, 3.05) is 6.61 Å². The van der Waals surface area contributed by atoms with Crippen molar-refractivity contribution in [1.29, 1.82) is 0 Å². The molecule has 1 spiro atoms. The number of aryl methyl sites for hydroxylation is 1. The maximum Gasteiger partial charge on any atom is 0.420 e. The van der Waals surface area contributed by atoms with Crippen LogP contribution < -0.4 is 10.5 Å². The summed E-state index contributed by atoms with van der Waals surface area (Å²) in [7, 11) is 0. The van der Waals surface area contributed by atoms with Crippen LogP contribution in [0, 0.1) is 30.6 Å². The molecule has 2 bridgehead atoms. The van der Waals surface area contributed by atoms with Crippen molar-refractivity contribution in [3.8, 4) is 11.5 Å². The summed E-state index contributed by atoms with van der Waals surface area (Å²) in [5.41, 5.74) is 2.39. The molecule has 3 aromatic rings. The van der Waals surface area contributed by atoms with E-state index in [-0.39, 0.29) is 36.5 Å². The number of aromatic nitrogens is 1. The van der Waals surface area contributed by atoms with Crippen LogP contribution in [0.25, 0.3) is 11.1 Å². The van der Waals surface area contributed by atoms with Gasteiger partial charge in [-0.15, -0.1) is 0 Å². The van der Waals surface area contributed by atoms with Gasteiger partial charge in [0, 0.05) is 18.8 Å². The van der Waals surface area contributed by atoms with Crippen LogP contribution >= 0.6 is 0 Å². The molecule has 1 saturated carbocycles. The van der Waals surface area contributed by atoms with Gasteiger partial charge in [0.1, 0.15) is 6.61 Å². The molecule has 4 saturated heterocycles. The molecule has 2 aromatic carbocycles. The van der Waals surface area contributed by atoms with Gasteiger partial charge in [-0.1, -0.05) is 32.4 Å². The highest BCUT2D eigenvalue weighted by Crippen LogP contribution is 2.60. The summed E-state index contributed by atoms with van der Waals surface area (Å²) in [4.78, 5) is 37.3. The highest BCUT2D eigenvalue weighted by molar-refractivity contribution is 5.80. The lowest BCUT2D eigenvalue weighted by Gasteiger charge is -2.60. The SMILES string of the molecule is Cc1ccc2oc(=O)n(Cc3ccc(OCC(=O)CCCC[C@@H]4O[C@@H]5O[C@@]6(C)CC[C@H]7[C@H](C)CC[C@@H]([C@H]4C)[C@@]57OO6)c(O)c3)c2c1. The number of carbonyl (C=O) groups excluding carboxylic acids is 1. The van der Waals surface area contributed by atoms with E-state index in [2.05, 4.69) is 13.8 Å². The second-order valence-electron chi connectivity index (χ2n) is 14.2. The predicted molar refractivity (Wildman–Crippen MR) is 168 cm³/mol. The predicted octanol–water partition coefficient (Wildman–Crippen LogP) is 6.42. The number of ketones is 1. The van der Waals surface area contributed by atoms with E-state index in [4.69, 9.17) is 28.4 Å². The molecule has 5 fully saturated rings. The van der Waals surface area contributed by atoms with Crippen molar-refractivity contribution in [2.24, 2.45) is 23.7 Å². The number of aromatic hydroxyl groups is 1. The molecule has 5 heterocycles. The first-order chi connectivity index (χ1) is 22.1. The van der Waals surface area contributed by atoms with Gasteiger partial charge in [-0.25, -0.2) is 14.6 Å². The first-order valence-electron chi connectivity index (χ1n) is 16.8. The van der Waals surface area contributed by atoms with Crippen molar-refractivity contribution in [2.45, 2.75) is 109 Å². The average molecular weight is 636 g/mol. The molecule has 46 heavy (non-hydrogen) atoms. The van der Waals surface area contributed by atoms with E-state index in [9.17, 15) is 14.7 Å². The highest BCUT2D eigenvalue weighted by Gasteiger charge is 2.69. The topological polar surface area (TPSA) is 119 Å². The van der Waals surface area contributed by atoms with Crippen LogP contribution in [0.2, 0.25) is 0 Å². The van der Waals surface area contributed by atoms with E-state index >= 15 is 0 Å². The first kappa shape index (κ1) is 31.4. The van der Waals surface area contributed by atoms with Crippen LogP contribution in [0.15, 0.2) is 45.6 Å². The molecular formula is C36H45NO9. The summed E-state index contributed by atoms with van der Waals surface area (Å²) < 4.78 is 25.7. The normalized spacial score (nSPS) is 33.5. The molecule has 1 N–H and O–H groups in total. The number of hydrogen-bond donors (Lipinski definition) is 1. The second kappa shape index (κ2) is 12.1. The van der Waals surface area contributed by atoms with Crippen LogP contribution in [-0.2, 0) is 30.6 Å². The van der Waals surface area contributed by atoms with Crippen molar-refractivity contribution in [1.82, 2.24) is 4.57 Å². The van der Waals surface area contributed by atoms with Crippen LogP contribution in [-0.4, -0.2) is 45.8 Å². The van der Waals surface area contributed by atoms with Crippen LogP contribution in [0.4, 0.5) is 0 Å². The van der Waals surface area contributed by atoms with Gasteiger partial charge in [0.05, 0.1) is 18.2 Å². The van der Waals surface area contributed by atoms with Gasteiger partial charge in [-0.2, -0.15) is 0 Å². The van der Waals surface area contributed by atoms with Crippen LogP contribution in [0.1, 0.15) is 83.3 Å². The third-order valence-corrected chi connectivity index (χ3v) is 11.1. The van der Waals surface area contributed by atoms with Crippen molar-refractivity contribution in [3.05, 3.63) is 58.1 Å². The number of phenolic OH excluding ortho intramolecular Hbond substituents is 1. The molecule has 1 aliphatic carbocycles. The van der Waals surface area contributed by atoms with Gasteiger partial charge in [0.15, 0.2) is 34.8 Å². The minimum absolute atomic E-state index is 0.0289. The van der Waals surface area contributed by atoms with Gasteiger partial charge >= 0.3 is 5.76 Å². The van der Waals surface area contributed by atoms with Gasteiger partial charge in [-0.05, 0) is 99.1 Å². The Hall–Kier alpha value is -3.18. The Kier molecular flexibility index (Phi) is 8.28. The van der Waals surface area contributed by atoms with Crippen molar-refractivity contribution < 1.29 is 38.3 Å². The quantitative estimate of drug-likeness (QED) is 0.199.